The molecule has 1 aromatic carbocycles. The van der Waals surface area contributed by atoms with E-state index in [1.54, 1.807) is 0 Å². The number of halogens is 2. The molecular weight excluding hydrogens is 298 g/mol. The highest BCUT2D eigenvalue weighted by molar-refractivity contribution is 9.10. The second kappa shape index (κ2) is 4.66. The molecule has 3 heteroatoms. The number of rotatable bonds is 3. The van der Waals surface area contributed by atoms with E-state index < -0.39 is 0 Å². The third kappa shape index (κ3) is 2.38. The van der Waals surface area contributed by atoms with E-state index in [0.29, 0.717) is 0 Å². The number of hydrogen-bond acceptors (Lipinski definition) is 1. The van der Waals surface area contributed by atoms with Crippen molar-refractivity contribution in [3.63, 3.8) is 0 Å². The Morgan fingerprint density at radius 2 is 2.18 bits per heavy atom. The number of anilines is 1. The summed E-state index contributed by atoms with van der Waals surface area (Å²) in [6.45, 7) is 1.07. The van der Waals surface area contributed by atoms with Gasteiger partial charge in [0, 0.05) is 16.7 Å². The number of allylic oxidation sites excluding steroid dienone is 2. The van der Waals surface area contributed by atoms with Gasteiger partial charge in [0.1, 0.15) is 0 Å². The zero-order valence-electron chi connectivity index (χ0n) is 9.50. The van der Waals surface area contributed by atoms with Crippen molar-refractivity contribution in [3.8, 4) is 0 Å². The molecule has 0 spiro atoms. The van der Waals surface area contributed by atoms with Gasteiger partial charge in [-0.15, -0.1) is 0 Å². The molecule has 2 bridgehead atoms. The van der Waals surface area contributed by atoms with Crippen LogP contribution in [-0.2, 0) is 0 Å². The summed E-state index contributed by atoms with van der Waals surface area (Å²) in [5.74, 6) is 2.46. The summed E-state index contributed by atoms with van der Waals surface area (Å²) in [6, 6.07) is 6.01. The summed E-state index contributed by atoms with van der Waals surface area (Å²) in [7, 11) is 0. The summed E-state index contributed by atoms with van der Waals surface area (Å²) in [5, 5.41) is 4.28. The Morgan fingerprint density at radius 1 is 1.29 bits per heavy atom. The first-order valence-electron chi connectivity index (χ1n) is 6.09. The lowest BCUT2D eigenvalue weighted by Crippen LogP contribution is -2.18. The first kappa shape index (κ1) is 11.6. The highest BCUT2D eigenvalue weighted by atomic mass is 79.9. The van der Waals surface area contributed by atoms with Crippen LogP contribution in [0.3, 0.4) is 0 Å². The molecule has 0 radical (unpaired) electrons. The van der Waals surface area contributed by atoms with Gasteiger partial charge in [0.25, 0.3) is 0 Å². The van der Waals surface area contributed by atoms with E-state index in [0.717, 1.165) is 39.5 Å². The quantitative estimate of drug-likeness (QED) is 0.796. The lowest BCUT2D eigenvalue weighted by molar-refractivity contribution is 0.472. The van der Waals surface area contributed by atoms with Gasteiger partial charge in [-0.2, -0.15) is 0 Å². The Labute approximate surface area is 115 Å². The molecule has 2 aliphatic rings. The fourth-order valence-corrected chi connectivity index (χ4v) is 3.48. The zero-order valence-corrected chi connectivity index (χ0v) is 11.8. The van der Waals surface area contributed by atoms with Gasteiger partial charge in [-0.05, 0) is 64.7 Å². The Morgan fingerprint density at radius 3 is 2.82 bits per heavy atom. The van der Waals surface area contributed by atoms with Crippen LogP contribution in [0.2, 0.25) is 5.02 Å². The molecule has 3 rings (SSSR count). The molecule has 90 valence electrons. The lowest BCUT2D eigenvalue weighted by Gasteiger charge is -2.19. The summed E-state index contributed by atoms with van der Waals surface area (Å²) in [6.07, 6.45) is 7.51. The fraction of sp³-hybridized carbons (Fsp3) is 0.429. The van der Waals surface area contributed by atoms with Gasteiger partial charge in [0.05, 0.1) is 5.02 Å². The third-order valence-electron chi connectivity index (χ3n) is 3.90. The highest BCUT2D eigenvalue weighted by Crippen LogP contribution is 2.43. The molecule has 0 heterocycles. The molecule has 0 aliphatic heterocycles. The Balaban J connectivity index is 1.61. The summed E-state index contributed by atoms with van der Waals surface area (Å²) < 4.78 is 0.956. The molecule has 0 saturated heterocycles. The summed E-state index contributed by atoms with van der Waals surface area (Å²) >= 11 is 9.42. The van der Waals surface area contributed by atoms with Crippen molar-refractivity contribution in [2.45, 2.75) is 12.8 Å². The van der Waals surface area contributed by atoms with E-state index in [4.69, 9.17) is 11.6 Å². The lowest BCUT2D eigenvalue weighted by atomic mass is 9.93. The van der Waals surface area contributed by atoms with Crippen molar-refractivity contribution in [2.75, 3.05) is 11.9 Å². The van der Waals surface area contributed by atoms with Crippen molar-refractivity contribution >= 4 is 33.2 Å². The van der Waals surface area contributed by atoms with Crippen molar-refractivity contribution in [2.24, 2.45) is 17.8 Å². The molecule has 2 aliphatic carbocycles. The molecular formula is C14H15BrClN. The fourth-order valence-electron chi connectivity index (χ4n) is 2.98. The Kier molecular flexibility index (Phi) is 3.18. The van der Waals surface area contributed by atoms with Gasteiger partial charge in [0.2, 0.25) is 0 Å². The topological polar surface area (TPSA) is 12.0 Å². The van der Waals surface area contributed by atoms with Crippen LogP contribution in [0.4, 0.5) is 5.69 Å². The van der Waals surface area contributed by atoms with Gasteiger partial charge in [0.15, 0.2) is 0 Å². The standard InChI is InChI=1S/C14H15BrClN/c15-13-7-12(3-4-14(13)16)17-8-11-6-9-1-2-10(11)5-9/h1-4,7,9-11,17H,5-6,8H2. The third-order valence-corrected chi connectivity index (χ3v) is 5.12. The van der Waals surface area contributed by atoms with Crippen LogP contribution < -0.4 is 5.32 Å². The number of nitrogens with one attached hydrogen (secondary N) is 1. The second-order valence-electron chi connectivity index (χ2n) is 5.05. The summed E-state index contributed by atoms with van der Waals surface area (Å²) in [4.78, 5) is 0. The molecule has 0 amide bonds. The molecule has 1 N–H and O–H groups in total. The second-order valence-corrected chi connectivity index (χ2v) is 6.31. The minimum atomic E-state index is 0.762. The van der Waals surface area contributed by atoms with Gasteiger partial charge >= 0.3 is 0 Å². The van der Waals surface area contributed by atoms with Crippen LogP contribution in [0.5, 0.6) is 0 Å². The van der Waals surface area contributed by atoms with Crippen LogP contribution >= 0.6 is 27.5 Å². The smallest absolute Gasteiger partial charge is 0.0549 e. The monoisotopic (exact) mass is 311 g/mol. The molecule has 17 heavy (non-hydrogen) atoms. The molecule has 0 aromatic heterocycles. The predicted octanol–water partition coefficient (Wildman–Crippen LogP) is 4.73. The van der Waals surface area contributed by atoms with Crippen molar-refractivity contribution in [3.05, 3.63) is 39.8 Å². The SMILES string of the molecule is Clc1ccc(NCC2CC3C=CC2C3)cc1Br. The largest absolute Gasteiger partial charge is 0.385 e. The van der Waals surface area contributed by atoms with E-state index in [1.807, 2.05) is 18.2 Å². The van der Waals surface area contributed by atoms with Gasteiger partial charge in [-0.25, -0.2) is 0 Å². The number of hydrogen-bond donors (Lipinski definition) is 1. The van der Waals surface area contributed by atoms with Crippen LogP contribution in [0.1, 0.15) is 12.8 Å². The molecule has 1 fully saturated rings. The first-order chi connectivity index (χ1) is 8.22. The first-order valence-corrected chi connectivity index (χ1v) is 7.27. The Hall–Kier alpha value is -0.470. The van der Waals surface area contributed by atoms with E-state index in [9.17, 15) is 0 Å². The van der Waals surface area contributed by atoms with E-state index in [1.165, 1.54) is 12.8 Å². The molecule has 3 unspecified atom stereocenters. The van der Waals surface area contributed by atoms with Crippen molar-refractivity contribution < 1.29 is 0 Å². The van der Waals surface area contributed by atoms with E-state index in [2.05, 4.69) is 33.4 Å². The van der Waals surface area contributed by atoms with Gasteiger partial charge < -0.3 is 5.32 Å². The van der Waals surface area contributed by atoms with Crippen LogP contribution in [0.25, 0.3) is 0 Å². The van der Waals surface area contributed by atoms with Crippen LogP contribution in [0.15, 0.2) is 34.8 Å². The average molecular weight is 313 g/mol. The van der Waals surface area contributed by atoms with Gasteiger partial charge in [-0.3, -0.25) is 0 Å². The molecule has 1 aromatic rings. The predicted molar refractivity (Wildman–Crippen MR) is 76.5 cm³/mol. The van der Waals surface area contributed by atoms with E-state index >= 15 is 0 Å². The number of fused-ring (bicyclic) bond motifs is 2. The molecule has 1 nitrogen and oxygen atoms in total. The maximum absolute atomic E-state index is 5.98. The summed E-state index contributed by atoms with van der Waals surface area (Å²) in [5.41, 5.74) is 1.15. The molecule has 1 saturated carbocycles. The average Bonchev–Trinajstić information content (AvgIpc) is 2.92. The highest BCUT2D eigenvalue weighted by Gasteiger charge is 2.35. The van der Waals surface area contributed by atoms with Crippen LogP contribution in [-0.4, -0.2) is 6.54 Å². The maximum atomic E-state index is 5.98. The molecule has 3 atom stereocenters. The number of benzene rings is 1. The maximum Gasteiger partial charge on any atom is 0.0549 e. The minimum absolute atomic E-state index is 0.762. The van der Waals surface area contributed by atoms with Gasteiger partial charge in [-0.1, -0.05) is 23.8 Å². The zero-order chi connectivity index (χ0) is 11.8. The normalized spacial score (nSPS) is 29.9. The minimum Gasteiger partial charge on any atom is -0.385 e. The van der Waals surface area contributed by atoms with Crippen molar-refractivity contribution in [1.29, 1.82) is 0 Å². The van der Waals surface area contributed by atoms with Crippen LogP contribution in [0, 0.1) is 17.8 Å². The van der Waals surface area contributed by atoms with Crippen molar-refractivity contribution in [1.82, 2.24) is 0 Å². The van der Waals surface area contributed by atoms with E-state index in [-0.39, 0.29) is 0 Å². The Bertz CT molecular complexity index is 458.